The van der Waals surface area contributed by atoms with Crippen LogP contribution in [0.2, 0.25) is 0 Å². The van der Waals surface area contributed by atoms with E-state index in [1.54, 1.807) is 16.7 Å². The fraction of sp³-hybridized carbons (Fsp3) is 0.154. The van der Waals surface area contributed by atoms with Gasteiger partial charge in [0.15, 0.2) is 5.16 Å². The van der Waals surface area contributed by atoms with Crippen molar-refractivity contribution in [1.82, 2.24) is 19.5 Å². The van der Waals surface area contributed by atoms with Crippen LogP contribution in [0.25, 0.3) is 27.5 Å². The molecule has 0 aliphatic carbocycles. The topological polar surface area (TPSA) is 80.6 Å². The molecule has 33 heavy (non-hydrogen) atoms. The number of hydrogen-bond acceptors (Lipinski definition) is 5. The number of aromatic amines is 1. The summed E-state index contributed by atoms with van der Waals surface area (Å²) in [4.78, 5) is 38.5. The lowest BCUT2D eigenvalue weighted by Gasteiger charge is -2.17. The van der Waals surface area contributed by atoms with E-state index in [1.165, 1.54) is 11.8 Å². The number of hydrogen-bond donors (Lipinski definition) is 1. The van der Waals surface area contributed by atoms with Gasteiger partial charge in [-0.15, -0.1) is 0 Å². The van der Waals surface area contributed by atoms with Crippen molar-refractivity contribution in [2.24, 2.45) is 0 Å². The van der Waals surface area contributed by atoms with Crippen molar-refractivity contribution in [1.29, 1.82) is 0 Å². The summed E-state index contributed by atoms with van der Waals surface area (Å²) in [6.45, 7) is 5.97. The number of H-pyrrole nitrogens is 1. The Kier molecular flexibility index (Phi) is 5.34. The first-order chi connectivity index (χ1) is 15.9. The third-order valence-electron chi connectivity index (χ3n) is 5.51. The van der Waals surface area contributed by atoms with Crippen molar-refractivity contribution >= 4 is 33.6 Å². The lowest BCUT2D eigenvalue weighted by molar-refractivity contribution is 0.808. The fourth-order valence-corrected chi connectivity index (χ4v) is 4.99. The van der Waals surface area contributed by atoms with E-state index in [0.29, 0.717) is 32.8 Å². The van der Waals surface area contributed by atoms with Crippen molar-refractivity contribution in [3.63, 3.8) is 0 Å². The average Bonchev–Trinajstić information content (AvgIpc) is 2.78. The van der Waals surface area contributed by atoms with Crippen molar-refractivity contribution < 1.29 is 0 Å². The summed E-state index contributed by atoms with van der Waals surface area (Å²) >= 11 is 1.40. The molecule has 0 saturated carbocycles. The maximum Gasteiger partial charge on any atom is 0.266 e. The van der Waals surface area contributed by atoms with Gasteiger partial charge in [-0.05, 0) is 68.3 Å². The third-order valence-corrected chi connectivity index (χ3v) is 6.57. The van der Waals surface area contributed by atoms with Crippen LogP contribution in [0, 0.1) is 13.8 Å². The second kappa shape index (κ2) is 8.33. The van der Waals surface area contributed by atoms with Crippen LogP contribution in [-0.2, 0) is 0 Å². The maximum atomic E-state index is 13.6. The zero-order valence-electron chi connectivity index (χ0n) is 18.5. The Bertz CT molecular complexity index is 1620. The largest absolute Gasteiger partial charge is 0.309 e. The zero-order valence-corrected chi connectivity index (χ0v) is 19.3. The Labute approximate surface area is 194 Å². The summed E-state index contributed by atoms with van der Waals surface area (Å²) in [7, 11) is 0. The highest BCUT2D eigenvalue weighted by Gasteiger charge is 2.19. The van der Waals surface area contributed by atoms with Gasteiger partial charge in [-0.2, -0.15) is 0 Å². The van der Waals surface area contributed by atoms with Gasteiger partial charge < -0.3 is 4.98 Å². The molecule has 5 rings (SSSR count). The molecule has 0 fully saturated rings. The molecule has 0 spiro atoms. The molecule has 0 aliphatic heterocycles. The minimum Gasteiger partial charge on any atom is -0.309 e. The van der Waals surface area contributed by atoms with E-state index in [2.05, 4.69) is 16.0 Å². The van der Waals surface area contributed by atoms with Crippen LogP contribution in [-0.4, -0.2) is 19.5 Å². The van der Waals surface area contributed by atoms with E-state index in [-0.39, 0.29) is 16.4 Å². The summed E-state index contributed by atoms with van der Waals surface area (Å²) in [5.41, 5.74) is 3.87. The molecule has 164 valence electrons. The number of thioether (sulfide) groups is 1. The number of rotatable bonds is 4. The smallest absolute Gasteiger partial charge is 0.266 e. The highest BCUT2D eigenvalue weighted by atomic mass is 32.2. The number of nitrogens with one attached hydrogen (secondary N) is 1. The zero-order chi connectivity index (χ0) is 23.1. The predicted octanol–water partition coefficient (Wildman–Crippen LogP) is 5.09. The Morgan fingerprint density at radius 2 is 1.45 bits per heavy atom. The Morgan fingerprint density at radius 1 is 0.848 bits per heavy atom. The molecule has 1 unspecified atom stereocenters. The van der Waals surface area contributed by atoms with Crippen LogP contribution < -0.4 is 11.1 Å². The van der Waals surface area contributed by atoms with Crippen molar-refractivity contribution in [3.8, 4) is 5.69 Å². The van der Waals surface area contributed by atoms with Gasteiger partial charge in [0.25, 0.3) is 11.1 Å². The summed E-state index contributed by atoms with van der Waals surface area (Å²) in [6, 6.07) is 20.6. The highest BCUT2D eigenvalue weighted by Crippen LogP contribution is 2.33. The first-order valence-electron chi connectivity index (χ1n) is 10.7. The minimum absolute atomic E-state index is 0.125. The molecular weight excluding hydrogens is 432 g/mol. The van der Waals surface area contributed by atoms with E-state index in [9.17, 15) is 9.59 Å². The van der Waals surface area contributed by atoms with Gasteiger partial charge in [0, 0.05) is 0 Å². The Balaban J connectivity index is 1.67. The van der Waals surface area contributed by atoms with E-state index in [0.717, 1.165) is 16.8 Å². The quantitative estimate of drug-likeness (QED) is 0.302. The first kappa shape index (κ1) is 21.2. The number of fused-ring (bicyclic) bond motifs is 2. The standard InChI is InChI=1S/C26H22N4O2S/c1-15-12-16(2)14-18(13-15)30-25(32)20-9-5-7-11-22(20)28-26(30)33-17(3)23-27-21-10-6-4-8-19(21)24(31)29-23/h4-14,17H,1-3H3,(H,27,29,31). The molecule has 5 aromatic rings. The molecule has 0 amide bonds. The van der Waals surface area contributed by atoms with Crippen LogP contribution in [0.3, 0.4) is 0 Å². The van der Waals surface area contributed by atoms with Crippen molar-refractivity contribution in [2.45, 2.75) is 31.2 Å². The van der Waals surface area contributed by atoms with Gasteiger partial charge in [0.05, 0.1) is 32.7 Å². The molecule has 7 heteroatoms. The van der Waals surface area contributed by atoms with Gasteiger partial charge in [0.1, 0.15) is 5.82 Å². The van der Waals surface area contributed by atoms with Crippen LogP contribution in [0.15, 0.2) is 81.5 Å². The van der Waals surface area contributed by atoms with Crippen LogP contribution in [0.5, 0.6) is 0 Å². The summed E-state index contributed by atoms with van der Waals surface area (Å²) in [6.07, 6.45) is 0. The van der Waals surface area contributed by atoms with Crippen LogP contribution >= 0.6 is 11.8 Å². The number of para-hydroxylation sites is 2. The lowest BCUT2D eigenvalue weighted by atomic mass is 10.1. The summed E-state index contributed by atoms with van der Waals surface area (Å²) in [5.74, 6) is 0.540. The number of aromatic nitrogens is 4. The molecular formula is C26H22N4O2S. The molecule has 2 heterocycles. The van der Waals surface area contributed by atoms with Crippen LogP contribution in [0.1, 0.15) is 29.1 Å². The normalized spacial score (nSPS) is 12.3. The van der Waals surface area contributed by atoms with E-state index >= 15 is 0 Å². The van der Waals surface area contributed by atoms with Crippen molar-refractivity contribution in [3.05, 3.63) is 104 Å². The molecule has 0 aliphatic rings. The fourth-order valence-electron chi connectivity index (χ4n) is 4.01. The number of aryl methyl sites for hydroxylation is 2. The molecule has 0 saturated heterocycles. The predicted molar refractivity (Wildman–Crippen MR) is 133 cm³/mol. The second-order valence-corrected chi connectivity index (χ2v) is 9.43. The van der Waals surface area contributed by atoms with Gasteiger partial charge in [0.2, 0.25) is 0 Å². The molecule has 1 atom stereocenters. The van der Waals surface area contributed by atoms with E-state index in [1.807, 2.05) is 69.3 Å². The average molecular weight is 455 g/mol. The number of nitrogens with zero attached hydrogens (tertiary/aromatic N) is 3. The monoisotopic (exact) mass is 454 g/mol. The van der Waals surface area contributed by atoms with Gasteiger partial charge in [-0.3, -0.25) is 14.2 Å². The SMILES string of the molecule is Cc1cc(C)cc(-n2c(SC(C)c3nc4ccccc4c(=O)[nH]3)nc3ccccc3c2=O)c1. The van der Waals surface area contributed by atoms with Gasteiger partial charge in [-0.25, -0.2) is 9.97 Å². The van der Waals surface area contributed by atoms with Gasteiger partial charge >= 0.3 is 0 Å². The molecule has 0 bridgehead atoms. The summed E-state index contributed by atoms with van der Waals surface area (Å²) < 4.78 is 1.66. The van der Waals surface area contributed by atoms with Crippen LogP contribution in [0.4, 0.5) is 0 Å². The first-order valence-corrected chi connectivity index (χ1v) is 11.5. The number of benzene rings is 3. The molecule has 1 N–H and O–H groups in total. The third kappa shape index (κ3) is 3.96. The second-order valence-electron chi connectivity index (χ2n) is 8.13. The Hall–Kier alpha value is -3.71. The van der Waals surface area contributed by atoms with Gasteiger partial charge in [-0.1, -0.05) is 42.1 Å². The molecule has 6 nitrogen and oxygen atoms in total. The maximum absolute atomic E-state index is 13.6. The Morgan fingerprint density at radius 3 is 2.15 bits per heavy atom. The lowest BCUT2D eigenvalue weighted by Crippen LogP contribution is -2.22. The highest BCUT2D eigenvalue weighted by molar-refractivity contribution is 7.99. The minimum atomic E-state index is -0.243. The molecule has 0 radical (unpaired) electrons. The summed E-state index contributed by atoms with van der Waals surface area (Å²) in [5, 5.41) is 1.42. The van der Waals surface area contributed by atoms with Crippen molar-refractivity contribution in [2.75, 3.05) is 0 Å². The molecule has 3 aromatic carbocycles. The molecule has 2 aromatic heterocycles. The van der Waals surface area contributed by atoms with E-state index in [4.69, 9.17) is 4.98 Å². The van der Waals surface area contributed by atoms with E-state index < -0.39 is 0 Å².